The predicted molar refractivity (Wildman–Crippen MR) is 81.7 cm³/mol. The zero-order chi connectivity index (χ0) is 13.8. The lowest BCUT2D eigenvalue weighted by molar-refractivity contribution is 0.498. The van der Waals surface area contributed by atoms with Gasteiger partial charge in [0.25, 0.3) is 0 Å². The minimum atomic E-state index is 0.0303. The summed E-state index contributed by atoms with van der Waals surface area (Å²) in [7, 11) is 0. The van der Waals surface area contributed by atoms with Crippen molar-refractivity contribution in [2.24, 2.45) is 11.7 Å². The van der Waals surface area contributed by atoms with Crippen LogP contribution in [-0.4, -0.2) is 15.8 Å². The summed E-state index contributed by atoms with van der Waals surface area (Å²) in [6.07, 6.45) is 6.75. The molecule has 0 saturated carbocycles. The molecule has 102 valence electrons. The molecule has 0 saturated heterocycles. The lowest BCUT2D eigenvalue weighted by Gasteiger charge is -2.16. The van der Waals surface area contributed by atoms with Gasteiger partial charge in [-0.25, -0.2) is 4.98 Å². The van der Waals surface area contributed by atoms with Crippen molar-refractivity contribution in [3.05, 3.63) is 42.5 Å². The van der Waals surface area contributed by atoms with Crippen LogP contribution in [0.25, 0.3) is 5.69 Å². The van der Waals surface area contributed by atoms with Crippen LogP contribution in [0.4, 0.5) is 0 Å². The third-order valence-electron chi connectivity index (χ3n) is 3.12. The Morgan fingerprint density at radius 2 is 1.95 bits per heavy atom. The van der Waals surface area contributed by atoms with E-state index < -0.39 is 0 Å². The average Bonchev–Trinajstić information content (AvgIpc) is 2.87. The number of nitrogens with zero attached hydrogens (tertiary/aromatic N) is 2. The summed E-state index contributed by atoms with van der Waals surface area (Å²) >= 11 is 1.74. The number of hydrogen-bond donors (Lipinski definition) is 1. The number of nitrogens with two attached hydrogens (primary N) is 1. The largest absolute Gasteiger partial charge is 0.323 e. The van der Waals surface area contributed by atoms with Gasteiger partial charge in [0.05, 0.1) is 18.2 Å². The molecule has 1 aromatic carbocycles. The Balaban J connectivity index is 2.27. The first-order valence-corrected chi connectivity index (χ1v) is 7.76. The lowest BCUT2D eigenvalue weighted by Crippen LogP contribution is -2.16. The summed E-state index contributed by atoms with van der Waals surface area (Å²) in [6, 6.07) is 8.50. The molecule has 1 atom stereocenters. The van der Waals surface area contributed by atoms with Crippen LogP contribution in [0.15, 0.2) is 41.7 Å². The summed E-state index contributed by atoms with van der Waals surface area (Å²) < 4.78 is 2.08. The predicted octanol–water partition coefficient (Wildman–Crippen LogP) is 3.64. The molecule has 3 nitrogen and oxygen atoms in total. The smallest absolute Gasteiger partial charge is 0.0994 e. The molecule has 1 heterocycles. The van der Waals surface area contributed by atoms with Crippen molar-refractivity contribution < 1.29 is 0 Å². The Labute approximate surface area is 119 Å². The number of aromatic nitrogens is 2. The van der Waals surface area contributed by atoms with Crippen molar-refractivity contribution in [1.82, 2.24) is 9.55 Å². The molecule has 0 aliphatic carbocycles. The van der Waals surface area contributed by atoms with Crippen LogP contribution in [-0.2, 0) is 0 Å². The summed E-state index contributed by atoms with van der Waals surface area (Å²) in [5.41, 5.74) is 8.46. The van der Waals surface area contributed by atoms with Crippen LogP contribution in [0.2, 0.25) is 0 Å². The molecule has 2 aromatic rings. The number of thioether (sulfide) groups is 1. The SMILES string of the molecule is CSc1ccc(-n2cncc2C(N)CC(C)C)cc1. The third kappa shape index (κ3) is 3.39. The molecule has 0 aliphatic rings. The van der Waals surface area contributed by atoms with Crippen molar-refractivity contribution in [2.45, 2.75) is 31.2 Å². The van der Waals surface area contributed by atoms with Gasteiger partial charge in [0, 0.05) is 16.6 Å². The summed E-state index contributed by atoms with van der Waals surface area (Å²) in [5, 5.41) is 0. The van der Waals surface area contributed by atoms with Gasteiger partial charge < -0.3 is 10.3 Å². The van der Waals surface area contributed by atoms with Crippen molar-refractivity contribution in [3.63, 3.8) is 0 Å². The van der Waals surface area contributed by atoms with Crippen LogP contribution < -0.4 is 5.73 Å². The Kier molecular flexibility index (Phi) is 4.66. The molecular weight excluding hydrogens is 254 g/mol. The zero-order valence-electron chi connectivity index (χ0n) is 11.7. The molecule has 0 aliphatic heterocycles. The maximum absolute atomic E-state index is 6.27. The molecule has 2 N–H and O–H groups in total. The molecule has 4 heteroatoms. The third-order valence-corrected chi connectivity index (χ3v) is 3.87. The van der Waals surface area contributed by atoms with Crippen molar-refractivity contribution in [1.29, 1.82) is 0 Å². The van der Waals surface area contributed by atoms with E-state index in [0.29, 0.717) is 5.92 Å². The molecule has 1 unspecified atom stereocenters. The van der Waals surface area contributed by atoms with Crippen LogP contribution in [0.1, 0.15) is 32.0 Å². The highest BCUT2D eigenvalue weighted by molar-refractivity contribution is 7.98. The van der Waals surface area contributed by atoms with Gasteiger partial charge in [0.2, 0.25) is 0 Å². The zero-order valence-corrected chi connectivity index (χ0v) is 12.5. The Bertz CT molecular complexity index is 516. The van der Waals surface area contributed by atoms with Crippen molar-refractivity contribution in [3.8, 4) is 5.69 Å². The normalized spacial score (nSPS) is 12.9. The van der Waals surface area contributed by atoms with E-state index in [2.05, 4.69) is 53.9 Å². The van der Waals surface area contributed by atoms with Gasteiger partial charge in [-0.05, 0) is 42.9 Å². The summed E-state index contributed by atoms with van der Waals surface area (Å²) in [5.74, 6) is 0.581. The fraction of sp³-hybridized carbons (Fsp3) is 0.400. The highest BCUT2D eigenvalue weighted by Crippen LogP contribution is 2.23. The van der Waals surface area contributed by atoms with E-state index in [0.717, 1.165) is 17.8 Å². The fourth-order valence-corrected chi connectivity index (χ4v) is 2.58. The van der Waals surface area contributed by atoms with E-state index in [1.807, 2.05) is 12.5 Å². The van der Waals surface area contributed by atoms with Crippen molar-refractivity contribution >= 4 is 11.8 Å². The van der Waals surface area contributed by atoms with Crippen LogP contribution in [0.5, 0.6) is 0 Å². The van der Waals surface area contributed by atoms with E-state index in [1.54, 1.807) is 11.8 Å². The Morgan fingerprint density at radius 1 is 1.26 bits per heavy atom. The van der Waals surface area contributed by atoms with Gasteiger partial charge in [-0.3, -0.25) is 0 Å². The highest BCUT2D eigenvalue weighted by Gasteiger charge is 2.14. The first-order valence-electron chi connectivity index (χ1n) is 6.54. The monoisotopic (exact) mass is 275 g/mol. The quantitative estimate of drug-likeness (QED) is 0.847. The van der Waals surface area contributed by atoms with Gasteiger partial charge in [0.15, 0.2) is 0 Å². The number of benzene rings is 1. The summed E-state index contributed by atoms with van der Waals surface area (Å²) in [6.45, 7) is 4.38. The minimum Gasteiger partial charge on any atom is -0.323 e. The first kappa shape index (κ1) is 14.2. The van der Waals surface area contributed by atoms with Gasteiger partial charge in [-0.1, -0.05) is 13.8 Å². The molecule has 0 amide bonds. The van der Waals surface area contributed by atoms with Gasteiger partial charge in [-0.15, -0.1) is 11.8 Å². The van der Waals surface area contributed by atoms with Crippen molar-refractivity contribution in [2.75, 3.05) is 6.26 Å². The molecule has 0 spiro atoms. The average molecular weight is 275 g/mol. The van der Waals surface area contributed by atoms with E-state index in [9.17, 15) is 0 Å². The Morgan fingerprint density at radius 3 is 2.53 bits per heavy atom. The molecule has 1 aromatic heterocycles. The first-order chi connectivity index (χ1) is 9.11. The molecule has 0 bridgehead atoms. The second kappa shape index (κ2) is 6.26. The lowest BCUT2D eigenvalue weighted by atomic mass is 10.0. The Hall–Kier alpha value is -1.26. The van der Waals surface area contributed by atoms with E-state index >= 15 is 0 Å². The van der Waals surface area contributed by atoms with Crippen LogP contribution >= 0.6 is 11.8 Å². The molecule has 0 fully saturated rings. The summed E-state index contributed by atoms with van der Waals surface area (Å²) in [4.78, 5) is 5.51. The molecule has 2 rings (SSSR count). The molecule has 19 heavy (non-hydrogen) atoms. The fourth-order valence-electron chi connectivity index (χ4n) is 2.17. The van der Waals surface area contributed by atoms with E-state index in [4.69, 9.17) is 5.73 Å². The number of imidazole rings is 1. The van der Waals surface area contributed by atoms with E-state index in [-0.39, 0.29) is 6.04 Å². The standard InChI is InChI=1S/C15H21N3S/c1-11(2)8-14(16)15-9-17-10-18(15)12-4-6-13(19-3)7-5-12/h4-7,9-11,14H,8,16H2,1-3H3. The van der Waals surface area contributed by atoms with Crippen LogP contribution in [0, 0.1) is 5.92 Å². The van der Waals surface area contributed by atoms with Gasteiger partial charge >= 0.3 is 0 Å². The number of hydrogen-bond acceptors (Lipinski definition) is 3. The number of rotatable bonds is 5. The maximum Gasteiger partial charge on any atom is 0.0994 e. The molecular formula is C15H21N3S. The maximum atomic E-state index is 6.27. The highest BCUT2D eigenvalue weighted by atomic mass is 32.2. The van der Waals surface area contributed by atoms with Gasteiger partial charge in [0.1, 0.15) is 0 Å². The van der Waals surface area contributed by atoms with Gasteiger partial charge in [-0.2, -0.15) is 0 Å². The minimum absolute atomic E-state index is 0.0303. The van der Waals surface area contributed by atoms with E-state index in [1.165, 1.54) is 4.90 Å². The topological polar surface area (TPSA) is 43.8 Å². The van der Waals surface area contributed by atoms with Crippen LogP contribution in [0.3, 0.4) is 0 Å². The molecule has 0 radical (unpaired) electrons. The second-order valence-corrected chi connectivity index (χ2v) is 6.00. The second-order valence-electron chi connectivity index (χ2n) is 5.12.